The normalized spacial score (nSPS) is 22.7. The Kier molecular flexibility index (Phi) is 11.1. The fourth-order valence-corrected chi connectivity index (χ4v) is 10.9. The van der Waals surface area contributed by atoms with Gasteiger partial charge in [-0.1, -0.05) is 24.6 Å². The third kappa shape index (κ3) is 7.68. The van der Waals surface area contributed by atoms with Gasteiger partial charge in [-0.05, 0) is 130 Å². The standard InChI is InChI=1S/C41H52FN5O5S/c1-43-39(48)30-7-3-10-36(23-30)53(50,51)35-15-13-34(14-16-35)47-26-29(27-47)25-45-21-17-31(18-22-45)41(28-46-19-6-20-46,32-8-4-9-33(42)24-32)37-11-5-12-38(37)44-40(49)52-2/h3-4,7-10,13-16,23-24,29,31,37-38H,5-6,11-12,17-22,25-28H2,1-2H3,(H,43,48)(H,44,49)/t37-,38-,41?/m0/s1. The summed E-state index contributed by atoms with van der Waals surface area (Å²) in [6, 6.07) is 20.4. The number of rotatable bonds is 12. The average Bonchev–Trinajstić information content (AvgIpc) is 3.61. The lowest BCUT2D eigenvalue weighted by atomic mass is 9.57. The van der Waals surface area contributed by atoms with E-state index >= 15 is 0 Å². The van der Waals surface area contributed by atoms with E-state index < -0.39 is 15.9 Å². The zero-order valence-corrected chi connectivity index (χ0v) is 31.6. The van der Waals surface area contributed by atoms with E-state index in [2.05, 4.69) is 31.4 Å². The van der Waals surface area contributed by atoms with Crippen LogP contribution in [0.1, 0.15) is 54.4 Å². The molecule has 2 N–H and O–H groups in total. The third-order valence-corrected chi connectivity index (χ3v) is 14.2. The summed E-state index contributed by atoms with van der Waals surface area (Å²) in [6.45, 7) is 7.78. The van der Waals surface area contributed by atoms with Crippen LogP contribution >= 0.6 is 0 Å². The number of amides is 2. The lowest BCUT2D eigenvalue weighted by molar-refractivity contribution is 0.0223. The van der Waals surface area contributed by atoms with Crippen LogP contribution in [0.15, 0.2) is 82.6 Å². The van der Waals surface area contributed by atoms with Crippen LogP contribution in [0.2, 0.25) is 0 Å². The van der Waals surface area contributed by atoms with Crippen molar-refractivity contribution < 1.29 is 27.1 Å². The highest BCUT2D eigenvalue weighted by Gasteiger charge is 2.53. The Morgan fingerprint density at radius 3 is 2.26 bits per heavy atom. The van der Waals surface area contributed by atoms with E-state index in [1.807, 2.05) is 18.2 Å². The molecule has 3 heterocycles. The maximum Gasteiger partial charge on any atom is 0.407 e. The molecule has 3 aromatic rings. The van der Waals surface area contributed by atoms with Gasteiger partial charge in [-0.3, -0.25) is 4.79 Å². The van der Waals surface area contributed by atoms with Gasteiger partial charge in [0.2, 0.25) is 9.84 Å². The molecule has 2 amide bonds. The maximum atomic E-state index is 15.0. The van der Waals surface area contributed by atoms with Crippen LogP contribution in [0.3, 0.4) is 0 Å². The molecule has 0 spiro atoms. The largest absolute Gasteiger partial charge is 0.453 e. The molecule has 284 valence electrons. The molecular formula is C41H52FN5O5S. The van der Waals surface area contributed by atoms with E-state index in [4.69, 9.17) is 4.74 Å². The van der Waals surface area contributed by atoms with Crippen molar-refractivity contribution in [3.8, 4) is 0 Å². The number of carbonyl (C=O) groups is 2. The van der Waals surface area contributed by atoms with Gasteiger partial charge in [0, 0.05) is 61.9 Å². The van der Waals surface area contributed by atoms with Gasteiger partial charge in [0.1, 0.15) is 5.82 Å². The summed E-state index contributed by atoms with van der Waals surface area (Å²) >= 11 is 0. The fraction of sp³-hybridized carbons (Fsp3) is 0.512. The quantitative estimate of drug-likeness (QED) is 0.256. The van der Waals surface area contributed by atoms with Crippen LogP contribution in [-0.2, 0) is 20.0 Å². The summed E-state index contributed by atoms with van der Waals surface area (Å²) in [4.78, 5) is 32.2. The monoisotopic (exact) mass is 745 g/mol. The van der Waals surface area contributed by atoms with Crippen molar-refractivity contribution in [2.24, 2.45) is 17.8 Å². The minimum atomic E-state index is -3.77. The molecule has 0 radical (unpaired) electrons. The molecule has 4 aliphatic rings. The molecule has 1 saturated carbocycles. The molecule has 3 saturated heterocycles. The summed E-state index contributed by atoms with van der Waals surface area (Å²) in [6.07, 6.45) is 5.75. The van der Waals surface area contributed by atoms with E-state index in [1.54, 1.807) is 30.3 Å². The first-order valence-corrected chi connectivity index (χ1v) is 20.6. The average molecular weight is 746 g/mol. The first-order chi connectivity index (χ1) is 25.6. The smallest absolute Gasteiger partial charge is 0.407 e. The number of nitrogens with one attached hydrogen (secondary N) is 2. The Morgan fingerprint density at radius 2 is 1.60 bits per heavy atom. The van der Waals surface area contributed by atoms with Gasteiger partial charge in [0.15, 0.2) is 0 Å². The number of likely N-dealkylation sites (tertiary alicyclic amines) is 2. The highest BCUT2D eigenvalue weighted by Crippen LogP contribution is 2.51. The number of methoxy groups -OCH3 is 1. The van der Waals surface area contributed by atoms with Crippen LogP contribution in [-0.4, -0.2) is 103 Å². The van der Waals surface area contributed by atoms with E-state index in [-0.39, 0.29) is 38.9 Å². The van der Waals surface area contributed by atoms with Gasteiger partial charge in [-0.2, -0.15) is 0 Å². The van der Waals surface area contributed by atoms with Crippen molar-refractivity contribution in [2.45, 2.75) is 59.8 Å². The zero-order valence-electron chi connectivity index (χ0n) is 30.8. The number of ether oxygens (including phenoxy) is 1. The first-order valence-electron chi connectivity index (χ1n) is 19.1. The maximum absolute atomic E-state index is 15.0. The molecule has 3 atom stereocenters. The summed E-state index contributed by atoms with van der Waals surface area (Å²) in [5.41, 5.74) is 2.08. The predicted octanol–water partition coefficient (Wildman–Crippen LogP) is 5.33. The molecule has 1 aliphatic carbocycles. The second kappa shape index (κ2) is 15.8. The minimum Gasteiger partial charge on any atom is -0.453 e. The highest BCUT2D eigenvalue weighted by molar-refractivity contribution is 7.91. The van der Waals surface area contributed by atoms with Crippen LogP contribution < -0.4 is 15.5 Å². The fourth-order valence-electron chi connectivity index (χ4n) is 9.55. The summed E-state index contributed by atoms with van der Waals surface area (Å²) in [5.74, 6) is 0.516. The van der Waals surface area contributed by atoms with Crippen molar-refractivity contribution in [1.82, 2.24) is 20.4 Å². The topological polar surface area (TPSA) is 111 Å². The summed E-state index contributed by atoms with van der Waals surface area (Å²) < 4.78 is 46.7. The SMILES string of the molecule is CNC(=O)c1cccc(S(=O)(=O)c2ccc(N3CC(CN4CCC(C(CN5CCC5)(c5cccc(F)c5)[C@H]5CCC[C@@H]5NC(=O)OC)CC4)C3)cc2)c1. The Hall–Kier alpha value is -4.00. The predicted molar refractivity (Wildman–Crippen MR) is 202 cm³/mol. The van der Waals surface area contributed by atoms with Gasteiger partial charge in [-0.15, -0.1) is 0 Å². The molecule has 53 heavy (non-hydrogen) atoms. The van der Waals surface area contributed by atoms with Crippen molar-refractivity contribution in [3.63, 3.8) is 0 Å². The number of alkyl carbamates (subject to hydrolysis) is 1. The van der Waals surface area contributed by atoms with Crippen molar-refractivity contribution in [3.05, 3.63) is 89.7 Å². The second-order valence-electron chi connectivity index (χ2n) is 15.4. The molecule has 7 rings (SSSR count). The molecule has 3 aromatic carbocycles. The number of anilines is 1. The number of piperidine rings is 1. The Labute approximate surface area is 313 Å². The zero-order chi connectivity index (χ0) is 37.2. The molecule has 3 aliphatic heterocycles. The van der Waals surface area contributed by atoms with Gasteiger partial charge in [-0.25, -0.2) is 17.6 Å². The van der Waals surface area contributed by atoms with Crippen LogP contribution in [0.25, 0.3) is 0 Å². The summed E-state index contributed by atoms with van der Waals surface area (Å²) in [5, 5.41) is 5.71. The van der Waals surface area contributed by atoms with Crippen molar-refractivity contribution in [2.75, 3.05) is 71.4 Å². The highest BCUT2D eigenvalue weighted by atomic mass is 32.2. The van der Waals surface area contributed by atoms with Gasteiger partial charge in [0.05, 0.1) is 16.9 Å². The molecule has 1 unspecified atom stereocenters. The first kappa shape index (κ1) is 37.3. The van der Waals surface area contributed by atoms with Crippen molar-refractivity contribution >= 4 is 27.5 Å². The van der Waals surface area contributed by atoms with Crippen LogP contribution in [0.5, 0.6) is 0 Å². The van der Waals surface area contributed by atoms with Crippen LogP contribution in [0, 0.1) is 23.6 Å². The molecular weight excluding hydrogens is 694 g/mol. The van der Waals surface area contributed by atoms with Crippen molar-refractivity contribution in [1.29, 1.82) is 0 Å². The van der Waals surface area contributed by atoms with E-state index in [0.29, 0.717) is 17.4 Å². The molecule has 12 heteroatoms. The number of nitrogens with zero attached hydrogens (tertiary/aromatic N) is 3. The Bertz CT molecular complexity index is 1880. The molecule has 10 nitrogen and oxygen atoms in total. The number of hydrogen-bond donors (Lipinski definition) is 2. The van der Waals surface area contributed by atoms with Gasteiger partial charge in [0.25, 0.3) is 5.91 Å². The number of sulfone groups is 1. The lowest BCUT2D eigenvalue weighted by Gasteiger charge is -2.54. The van der Waals surface area contributed by atoms with Gasteiger partial charge >= 0.3 is 6.09 Å². The number of halogens is 1. The van der Waals surface area contributed by atoms with E-state index in [0.717, 1.165) is 95.7 Å². The Balaban J connectivity index is 0.998. The van der Waals surface area contributed by atoms with Gasteiger partial charge < -0.3 is 30.1 Å². The molecule has 0 aromatic heterocycles. The van der Waals surface area contributed by atoms with E-state index in [9.17, 15) is 22.4 Å². The number of hydrogen-bond acceptors (Lipinski definition) is 8. The molecule has 4 fully saturated rings. The lowest BCUT2D eigenvalue weighted by Crippen LogP contribution is -2.60. The third-order valence-electron chi connectivity index (χ3n) is 12.4. The molecule has 0 bridgehead atoms. The van der Waals surface area contributed by atoms with E-state index in [1.165, 1.54) is 38.8 Å². The van der Waals surface area contributed by atoms with Crippen LogP contribution in [0.4, 0.5) is 14.9 Å². The second-order valence-corrected chi connectivity index (χ2v) is 17.4. The summed E-state index contributed by atoms with van der Waals surface area (Å²) in [7, 11) is -0.841. The number of carbonyl (C=O) groups excluding carboxylic acids is 2. The number of benzene rings is 3. The Morgan fingerprint density at radius 1 is 0.868 bits per heavy atom. The minimum absolute atomic E-state index is 0.0135.